The van der Waals surface area contributed by atoms with Crippen molar-refractivity contribution in [3.63, 3.8) is 0 Å². The smallest absolute Gasteiger partial charge is 0.465 e. The highest BCUT2D eigenvalue weighted by atomic mass is 16.7. The molecule has 0 aliphatic rings. The van der Waals surface area contributed by atoms with Crippen LogP contribution in [0.25, 0.3) is 0 Å². The van der Waals surface area contributed by atoms with Gasteiger partial charge in [-0.05, 0) is 38.6 Å². The van der Waals surface area contributed by atoms with Crippen LogP contribution in [0.15, 0.2) is 0 Å². The molecule has 0 aromatic rings. The summed E-state index contributed by atoms with van der Waals surface area (Å²) in [6.07, 6.45) is 27.0. The highest BCUT2D eigenvalue weighted by Gasteiger charge is 2.20. The Morgan fingerprint density at radius 1 is 0.397 bits per heavy atom. The molecule has 0 fully saturated rings. The molecule has 0 spiro atoms. The predicted octanol–water partition coefficient (Wildman–Crippen LogP) is 11.2. The zero-order valence-electron chi connectivity index (χ0n) is 40.6. The number of hydrogen-bond donors (Lipinski definition) is 1. The van der Waals surface area contributed by atoms with Gasteiger partial charge >= 0.3 is 30.0 Å². The van der Waals surface area contributed by atoms with Crippen LogP contribution in [0.5, 0.6) is 0 Å². The van der Waals surface area contributed by atoms with Crippen molar-refractivity contribution < 1.29 is 57.5 Å². The molecule has 13 nitrogen and oxygen atoms in total. The quantitative estimate of drug-likeness (QED) is 0.0349. The minimum absolute atomic E-state index is 0.000804. The Morgan fingerprint density at radius 3 is 1.10 bits per heavy atom. The maximum Gasteiger partial charge on any atom is 0.508 e. The molecule has 370 valence electrons. The molecule has 0 saturated heterocycles. The van der Waals surface area contributed by atoms with Gasteiger partial charge in [-0.25, -0.2) is 4.79 Å². The molecule has 0 amide bonds. The summed E-state index contributed by atoms with van der Waals surface area (Å²) in [6, 6.07) is 0. The number of likely N-dealkylation sites (N-methyl/N-ethyl adjacent to an activating group) is 1. The van der Waals surface area contributed by atoms with Crippen LogP contribution in [0, 0.1) is 11.8 Å². The van der Waals surface area contributed by atoms with E-state index in [9.17, 15) is 29.1 Å². The molecule has 0 bridgehead atoms. The van der Waals surface area contributed by atoms with E-state index in [4.69, 9.17) is 28.4 Å². The van der Waals surface area contributed by atoms with Gasteiger partial charge in [0.15, 0.2) is 0 Å². The van der Waals surface area contributed by atoms with Crippen molar-refractivity contribution in [1.82, 2.24) is 4.90 Å². The van der Waals surface area contributed by atoms with Gasteiger partial charge < -0.3 is 33.5 Å². The zero-order valence-corrected chi connectivity index (χ0v) is 40.6. The first kappa shape index (κ1) is 60.1. The van der Waals surface area contributed by atoms with Gasteiger partial charge in [-0.3, -0.25) is 24.1 Å². The van der Waals surface area contributed by atoms with Crippen LogP contribution in [0.4, 0.5) is 4.79 Å². The molecule has 1 N–H and O–H groups in total. The standard InChI is InChI=1S/C50H93NO12/c1-5-9-12-15-16-17-18-19-20-21-22-25-28-33-48(55)61-41-45(43-63-50(57)58-38-36-51(8-4)35-37-52)42-62-49(56)34-29-30-44(39-59-46(53)31-26-23-13-10-6-2)40-60-47(54)32-27-24-14-11-7-3/h44-45,52H,5-43H2,1-4H3. The molecule has 0 aliphatic carbocycles. The van der Waals surface area contributed by atoms with Crippen LogP contribution in [0.3, 0.4) is 0 Å². The number of aliphatic hydroxyl groups excluding tert-OH is 1. The number of aliphatic hydroxyl groups is 1. The van der Waals surface area contributed by atoms with E-state index in [1.54, 1.807) is 0 Å². The van der Waals surface area contributed by atoms with E-state index in [1.165, 1.54) is 64.2 Å². The molecule has 1 unspecified atom stereocenters. The average Bonchev–Trinajstić information content (AvgIpc) is 3.27. The third-order valence-corrected chi connectivity index (χ3v) is 11.3. The number of carbonyl (C=O) groups is 5. The summed E-state index contributed by atoms with van der Waals surface area (Å²) in [7, 11) is 0. The number of nitrogens with zero attached hydrogens (tertiary/aromatic N) is 1. The molecular formula is C50H93NO12. The van der Waals surface area contributed by atoms with E-state index < -0.39 is 18.0 Å². The summed E-state index contributed by atoms with van der Waals surface area (Å²) in [5.41, 5.74) is 0. The van der Waals surface area contributed by atoms with E-state index in [-0.39, 0.29) is 76.5 Å². The Kier molecular flexibility index (Phi) is 43.5. The lowest BCUT2D eigenvalue weighted by Crippen LogP contribution is -2.31. The molecule has 0 rings (SSSR count). The number of unbranched alkanes of at least 4 members (excludes halogenated alkanes) is 20. The second kappa shape index (κ2) is 45.6. The fourth-order valence-corrected chi connectivity index (χ4v) is 7.11. The SMILES string of the molecule is CCCCCCCCCCCCCCCC(=O)OCC(COC(=O)CCCC(COC(=O)CCCCCCC)COC(=O)CCCCCCC)COC(=O)OCCN(CC)CCO. The lowest BCUT2D eigenvalue weighted by molar-refractivity contribution is -0.152. The monoisotopic (exact) mass is 900 g/mol. The van der Waals surface area contributed by atoms with Crippen molar-refractivity contribution in [2.45, 2.75) is 214 Å². The van der Waals surface area contributed by atoms with Gasteiger partial charge in [-0.2, -0.15) is 0 Å². The van der Waals surface area contributed by atoms with Crippen LogP contribution in [0.1, 0.15) is 214 Å². The first-order valence-electron chi connectivity index (χ1n) is 25.4. The van der Waals surface area contributed by atoms with Crippen molar-refractivity contribution >= 4 is 30.0 Å². The second-order valence-electron chi connectivity index (χ2n) is 17.2. The minimum atomic E-state index is -0.884. The van der Waals surface area contributed by atoms with Crippen molar-refractivity contribution in [1.29, 1.82) is 0 Å². The topological polar surface area (TPSA) is 164 Å². The highest BCUT2D eigenvalue weighted by Crippen LogP contribution is 2.16. The van der Waals surface area contributed by atoms with Gasteiger partial charge in [0.05, 0.1) is 25.7 Å². The van der Waals surface area contributed by atoms with Crippen LogP contribution in [0.2, 0.25) is 0 Å². The largest absolute Gasteiger partial charge is 0.508 e. The Hall–Kier alpha value is -2.93. The van der Waals surface area contributed by atoms with E-state index in [0.29, 0.717) is 51.7 Å². The fourth-order valence-electron chi connectivity index (χ4n) is 7.11. The second-order valence-corrected chi connectivity index (χ2v) is 17.2. The summed E-state index contributed by atoms with van der Waals surface area (Å²) >= 11 is 0. The molecule has 0 heterocycles. The molecule has 0 aromatic carbocycles. The van der Waals surface area contributed by atoms with Crippen molar-refractivity contribution in [2.24, 2.45) is 11.8 Å². The van der Waals surface area contributed by atoms with Crippen LogP contribution >= 0.6 is 0 Å². The maximum atomic E-state index is 12.9. The summed E-state index contributed by atoms with van der Waals surface area (Å²) in [5, 5.41) is 9.20. The third-order valence-electron chi connectivity index (χ3n) is 11.3. The van der Waals surface area contributed by atoms with Gasteiger partial charge in [0, 0.05) is 44.7 Å². The van der Waals surface area contributed by atoms with Gasteiger partial charge in [-0.1, -0.05) is 156 Å². The number of ether oxygens (including phenoxy) is 6. The molecular weight excluding hydrogens is 807 g/mol. The molecule has 0 saturated carbocycles. The first-order valence-corrected chi connectivity index (χ1v) is 25.4. The predicted molar refractivity (Wildman–Crippen MR) is 248 cm³/mol. The normalized spacial score (nSPS) is 11.7. The lowest BCUT2D eigenvalue weighted by atomic mass is 10.0. The van der Waals surface area contributed by atoms with E-state index >= 15 is 0 Å². The molecule has 0 aromatic heterocycles. The van der Waals surface area contributed by atoms with Gasteiger partial charge in [-0.15, -0.1) is 0 Å². The Balaban J connectivity index is 5.00. The first-order chi connectivity index (χ1) is 30.7. The molecule has 0 aliphatic heterocycles. The van der Waals surface area contributed by atoms with Crippen LogP contribution in [-0.4, -0.2) is 106 Å². The maximum absolute atomic E-state index is 12.9. The highest BCUT2D eigenvalue weighted by molar-refractivity contribution is 5.70. The third kappa shape index (κ3) is 41.5. The Labute approximate surface area is 383 Å². The summed E-state index contributed by atoms with van der Waals surface area (Å²) in [5.74, 6) is -2.23. The van der Waals surface area contributed by atoms with E-state index in [1.807, 2.05) is 11.8 Å². The Morgan fingerprint density at radius 2 is 0.730 bits per heavy atom. The summed E-state index contributed by atoms with van der Waals surface area (Å²) in [6.45, 7) is 9.96. The van der Waals surface area contributed by atoms with Gasteiger partial charge in [0.1, 0.15) is 26.4 Å². The number of carbonyl (C=O) groups excluding carboxylic acids is 5. The number of rotatable bonds is 46. The average molecular weight is 900 g/mol. The fraction of sp³-hybridized carbons (Fsp3) is 0.900. The Bertz CT molecular complexity index is 1080. The number of hydrogen-bond acceptors (Lipinski definition) is 13. The van der Waals surface area contributed by atoms with Crippen LogP contribution < -0.4 is 0 Å². The molecule has 1 atom stereocenters. The van der Waals surface area contributed by atoms with Crippen molar-refractivity contribution in [3.8, 4) is 0 Å². The summed E-state index contributed by atoms with van der Waals surface area (Å²) < 4.78 is 32.8. The van der Waals surface area contributed by atoms with Crippen molar-refractivity contribution in [2.75, 3.05) is 65.9 Å². The minimum Gasteiger partial charge on any atom is -0.465 e. The van der Waals surface area contributed by atoms with Gasteiger partial charge in [0.25, 0.3) is 0 Å². The molecule has 0 radical (unpaired) electrons. The molecule has 63 heavy (non-hydrogen) atoms. The van der Waals surface area contributed by atoms with E-state index in [2.05, 4.69) is 20.8 Å². The van der Waals surface area contributed by atoms with Crippen molar-refractivity contribution in [3.05, 3.63) is 0 Å². The number of esters is 4. The zero-order chi connectivity index (χ0) is 46.4. The summed E-state index contributed by atoms with van der Waals surface area (Å²) in [4.78, 5) is 64.8. The van der Waals surface area contributed by atoms with Crippen LogP contribution in [-0.2, 0) is 47.6 Å². The lowest BCUT2D eigenvalue weighted by Gasteiger charge is -2.20. The molecule has 13 heteroatoms. The van der Waals surface area contributed by atoms with E-state index in [0.717, 1.165) is 83.5 Å². The van der Waals surface area contributed by atoms with Gasteiger partial charge in [0.2, 0.25) is 0 Å².